The van der Waals surface area contributed by atoms with Gasteiger partial charge in [0.25, 0.3) is 0 Å². The highest BCUT2D eigenvalue weighted by Crippen LogP contribution is 2.33. The number of alkyl halides is 3. The minimum atomic E-state index is -4.55. The van der Waals surface area contributed by atoms with Gasteiger partial charge in [0.2, 0.25) is 10.0 Å². The zero-order valence-electron chi connectivity index (χ0n) is 17.5. The number of urea groups is 1. The first-order chi connectivity index (χ1) is 15.4. The predicted molar refractivity (Wildman–Crippen MR) is 124 cm³/mol. The fourth-order valence-corrected chi connectivity index (χ4v) is 3.89. The molecule has 0 saturated heterocycles. The summed E-state index contributed by atoms with van der Waals surface area (Å²) in [7, 11) is -4.02. The van der Waals surface area contributed by atoms with Gasteiger partial charge in [-0.05, 0) is 58.6 Å². The van der Waals surface area contributed by atoms with E-state index in [1.807, 2.05) is 0 Å². The van der Waals surface area contributed by atoms with E-state index in [9.17, 15) is 26.4 Å². The Morgan fingerprint density at radius 3 is 2.33 bits per heavy atom. The van der Waals surface area contributed by atoms with Gasteiger partial charge in [-0.15, -0.1) is 0 Å². The number of halogens is 3. The van der Waals surface area contributed by atoms with Crippen molar-refractivity contribution in [3.05, 3.63) is 64.9 Å². The summed E-state index contributed by atoms with van der Waals surface area (Å²) < 4.78 is 61.7. The number of rotatable bonds is 4. The highest BCUT2D eigenvalue weighted by Gasteiger charge is 2.30. The predicted octanol–water partition coefficient (Wildman–Crippen LogP) is 6.14. The van der Waals surface area contributed by atoms with Crippen molar-refractivity contribution in [2.24, 2.45) is 11.1 Å². The molecule has 4 N–H and O–H groups in total. The lowest BCUT2D eigenvalue weighted by Gasteiger charge is -2.14. The van der Waals surface area contributed by atoms with Gasteiger partial charge in [0.05, 0.1) is 16.1 Å². The van der Waals surface area contributed by atoms with Crippen molar-refractivity contribution in [3.8, 4) is 11.1 Å². The van der Waals surface area contributed by atoms with Crippen molar-refractivity contribution < 1.29 is 26.4 Å². The molecule has 1 saturated carbocycles. The molecule has 11 heteroatoms. The number of thiophene rings is 1. The molecule has 0 unspecified atom stereocenters. The summed E-state index contributed by atoms with van der Waals surface area (Å²) in [6, 6.07) is 9.05. The average molecular weight is 498 g/mol. The van der Waals surface area contributed by atoms with E-state index in [2.05, 4.69) is 17.6 Å². The first-order valence-corrected chi connectivity index (χ1v) is 12.4. The van der Waals surface area contributed by atoms with Crippen LogP contribution in [0.15, 0.2) is 64.2 Å². The maximum absolute atomic E-state index is 12.8. The highest BCUT2D eigenvalue weighted by molar-refractivity contribution is 7.89. The molecule has 1 aliphatic carbocycles. The van der Waals surface area contributed by atoms with E-state index in [1.165, 1.54) is 48.4 Å². The van der Waals surface area contributed by atoms with E-state index in [-0.39, 0.29) is 16.3 Å². The van der Waals surface area contributed by atoms with Crippen LogP contribution >= 0.6 is 11.3 Å². The maximum atomic E-state index is 12.8. The molecule has 176 valence electrons. The van der Waals surface area contributed by atoms with Crippen molar-refractivity contribution in [1.29, 1.82) is 0 Å². The van der Waals surface area contributed by atoms with Gasteiger partial charge < -0.3 is 10.6 Å². The number of nitrogens with two attached hydrogens (primary N) is 1. The molecule has 0 spiro atoms. The SMILES string of the molecule is CC1CC1.NS(=O)(=O)c1ccc(-c2ccsc2)c(NC(=O)Nc2cccc(C(F)(F)F)c2)c1. The monoisotopic (exact) mass is 497 g/mol. The van der Waals surface area contributed by atoms with E-state index in [0.717, 1.165) is 29.7 Å². The molecule has 1 heterocycles. The molecule has 0 aliphatic heterocycles. The molecule has 1 fully saturated rings. The molecule has 3 aromatic rings. The van der Waals surface area contributed by atoms with Crippen LogP contribution < -0.4 is 15.8 Å². The first kappa shape index (κ1) is 24.7. The van der Waals surface area contributed by atoms with Crippen molar-refractivity contribution in [2.45, 2.75) is 30.8 Å². The van der Waals surface area contributed by atoms with Gasteiger partial charge in [-0.1, -0.05) is 31.9 Å². The third-order valence-electron chi connectivity index (χ3n) is 4.71. The van der Waals surface area contributed by atoms with E-state index >= 15 is 0 Å². The smallest absolute Gasteiger partial charge is 0.308 e. The molecular formula is C22H22F3N3O3S2. The summed E-state index contributed by atoms with van der Waals surface area (Å²) in [5, 5.41) is 13.5. The lowest BCUT2D eigenvalue weighted by Crippen LogP contribution is -2.21. The lowest BCUT2D eigenvalue weighted by molar-refractivity contribution is -0.137. The molecule has 4 rings (SSSR count). The molecule has 0 atom stereocenters. The standard InChI is InChI=1S/C18H14F3N3O3S2.C4H8/c19-18(20,21)12-2-1-3-13(8-12)23-17(25)24-16-9-14(29(22,26)27)4-5-15(16)11-6-7-28-10-11;1-4-2-3-4/h1-10H,(H2,22,26,27)(H2,23,24,25);4H,2-3H2,1H3. The number of hydrogen-bond donors (Lipinski definition) is 3. The molecule has 2 amide bonds. The Morgan fingerprint density at radius 1 is 1.09 bits per heavy atom. The van der Waals surface area contributed by atoms with E-state index < -0.39 is 27.8 Å². The molecule has 33 heavy (non-hydrogen) atoms. The summed E-state index contributed by atoms with van der Waals surface area (Å²) in [6.07, 6.45) is -1.58. The minimum absolute atomic E-state index is 0.0722. The van der Waals surface area contributed by atoms with Crippen LogP contribution in [0, 0.1) is 5.92 Å². The van der Waals surface area contributed by atoms with Crippen LogP contribution in [0.5, 0.6) is 0 Å². The number of nitrogens with one attached hydrogen (secondary N) is 2. The van der Waals surface area contributed by atoms with Crippen molar-refractivity contribution in [2.75, 3.05) is 10.6 Å². The minimum Gasteiger partial charge on any atom is -0.308 e. The van der Waals surface area contributed by atoms with E-state index in [1.54, 1.807) is 16.8 Å². The van der Waals surface area contributed by atoms with Crippen LogP contribution in [0.4, 0.5) is 29.3 Å². The van der Waals surface area contributed by atoms with Crippen LogP contribution in [0.1, 0.15) is 25.3 Å². The number of carbonyl (C=O) groups excluding carboxylic acids is 1. The molecule has 0 bridgehead atoms. The van der Waals surface area contributed by atoms with Gasteiger partial charge in [0, 0.05) is 11.3 Å². The van der Waals surface area contributed by atoms with Gasteiger partial charge in [-0.3, -0.25) is 0 Å². The zero-order valence-corrected chi connectivity index (χ0v) is 19.2. The van der Waals surface area contributed by atoms with Gasteiger partial charge in [0.1, 0.15) is 0 Å². The molecule has 1 aliphatic rings. The van der Waals surface area contributed by atoms with Crippen molar-refractivity contribution in [3.63, 3.8) is 0 Å². The van der Waals surface area contributed by atoms with Gasteiger partial charge in [-0.25, -0.2) is 18.4 Å². The number of primary sulfonamides is 1. The number of anilines is 2. The van der Waals surface area contributed by atoms with Crippen LogP contribution in [0.25, 0.3) is 11.1 Å². The number of sulfonamides is 1. The molecule has 1 aromatic heterocycles. The number of amides is 2. The third kappa shape index (κ3) is 7.31. The fourth-order valence-electron chi connectivity index (χ4n) is 2.70. The van der Waals surface area contributed by atoms with Crippen molar-refractivity contribution >= 4 is 38.8 Å². The van der Waals surface area contributed by atoms with E-state index in [4.69, 9.17) is 5.14 Å². The normalized spacial score (nSPS) is 13.6. The summed E-state index contributed by atoms with van der Waals surface area (Å²) in [5.41, 5.74) is 0.407. The second-order valence-corrected chi connectivity index (χ2v) is 9.95. The Hall–Kier alpha value is -2.89. The highest BCUT2D eigenvalue weighted by atomic mass is 32.2. The number of carbonyl (C=O) groups is 1. The number of hydrogen-bond acceptors (Lipinski definition) is 4. The second-order valence-electron chi connectivity index (χ2n) is 7.60. The van der Waals surface area contributed by atoms with Gasteiger partial charge in [-0.2, -0.15) is 24.5 Å². The first-order valence-electron chi connectivity index (χ1n) is 9.88. The largest absolute Gasteiger partial charge is 0.416 e. The Balaban J connectivity index is 0.000000690. The number of benzene rings is 2. The summed E-state index contributed by atoms with van der Waals surface area (Å²) >= 11 is 1.40. The second kappa shape index (κ2) is 9.94. The van der Waals surface area contributed by atoms with Gasteiger partial charge in [0.15, 0.2) is 0 Å². The lowest BCUT2D eigenvalue weighted by atomic mass is 10.1. The van der Waals surface area contributed by atoms with Crippen LogP contribution in [-0.4, -0.2) is 14.4 Å². The topological polar surface area (TPSA) is 101 Å². The molecular weight excluding hydrogens is 475 g/mol. The Bertz CT molecular complexity index is 1220. The average Bonchev–Trinajstić information content (AvgIpc) is 3.32. The zero-order chi connectivity index (χ0) is 24.2. The Kier molecular flexibility index (Phi) is 7.45. The Labute approximate surface area is 193 Å². The summed E-state index contributed by atoms with van der Waals surface area (Å²) in [4.78, 5) is 12.1. The molecule has 0 radical (unpaired) electrons. The third-order valence-corrected chi connectivity index (χ3v) is 6.31. The molecule has 2 aromatic carbocycles. The fraction of sp³-hybridized carbons (Fsp3) is 0.227. The summed E-state index contributed by atoms with van der Waals surface area (Å²) in [5.74, 6) is 1.08. The summed E-state index contributed by atoms with van der Waals surface area (Å²) in [6.45, 7) is 2.28. The molecule has 6 nitrogen and oxygen atoms in total. The quantitative estimate of drug-likeness (QED) is 0.403. The van der Waals surface area contributed by atoms with Crippen molar-refractivity contribution in [1.82, 2.24) is 0 Å². The van der Waals surface area contributed by atoms with Gasteiger partial charge >= 0.3 is 12.2 Å². The Morgan fingerprint density at radius 2 is 1.79 bits per heavy atom. The van der Waals surface area contributed by atoms with E-state index in [0.29, 0.717) is 5.56 Å². The van der Waals surface area contributed by atoms with Crippen LogP contribution in [-0.2, 0) is 16.2 Å². The van der Waals surface area contributed by atoms with Crippen LogP contribution in [0.2, 0.25) is 0 Å². The van der Waals surface area contributed by atoms with Crippen LogP contribution in [0.3, 0.4) is 0 Å². The maximum Gasteiger partial charge on any atom is 0.416 e.